The van der Waals surface area contributed by atoms with Crippen molar-refractivity contribution < 1.29 is 14.3 Å². The number of halogens is 1. The molecule has 0 atom stereocenters. The van der Waals surface area contributed by atoms with E-state index < -0.39 is 0 Å². The first-order valence-corrected chi connectivity index (χ1v) is 9.96. The SMILES string of the molecule is O=C1/C(=C/c2ccco2)N=C2C(Cc3ccccc3)=NC(c3cc(O)ccc3Cl)=CN12. The number of hydrogen-bond donors (Lipinski definition) is 1. The van der Waals surface area contributed by atoms with Crippen molar-refractivity contribution in [3.63, 3.8) is 0 Å². The number of aliphatic imine (C=N–C) groups is 2. The number of amidine groups is 1. The number of nitrogens with zero attached hydrogens (tertiary/aromatic N) is 3. The average molecular weight is 430 g/mol. The lowest BCUT2D eigenvalue weighted by Crippen LogP contribution is -2.36. The number of amides is 1. The molecule has 3 aromatic rings. The highest BCUT2D eigenvalue weighted by Gasteiger charge is 2.35. The van der Waals surface area contributed by atoms with E-state index in [0.717, 1.165) is 5.56 Å². The number of phenolic OH excluding ortho intramolecular Hbond substituents is 1. The molecular weight excluding hydrogens is 414 g/mol. The first-order chi connectivity index (χ1) is 15.1. The Morgan fingerprint density at radius 1 is 1.06 bits per heavy atom. The minimum Gasteiger partial charge on any atom is -0.508 e. The smallest absolute Gasteiger partial charge is 0.282 e. The molecule has 0 fully saturated rings. The van der Waals surface area contributed by atoms with Gasteiger partial charge < -0.3 is 9.52 Å². The molecule has 0 bridgehead atoms. The molecule has 2 aliphatic rings. The van der Waals surface area contributed by atoms with Crippen LogP contribution in [0.3, 0.4) is 0 Å². The molecule has 0 aliphatic carbocycles. The van der Waals surface area contributed by atoms with E-state index in [-0.39, 0.29) is 17.4 Å². The molecule has 0 radical (unpaired) electrons. The standard InChI is InChI=1S/C24H16ClN3O3/c25-19-9-8-16(29)12-18(19)22-14-28-23(20(26-22)11-15-5-2-1-3-6-15)27-21(24(28)30)13-17-7-4-10-31-17/h1-10,12-14,29H,11H2/b21-13-. The second-order valence-electron chi connectivity index (χ2n) is 7.05. The van der Waals surface area contributed by atoms with Crippen molar-refractivity contribution in [3.8, 4) is 5.75 Å². The molecule has 31 heavy (non-hydrogen) atoms. The Labute approximate surface area is 183 Å². The zero-order valence-electron chi connectivity index (χ0n) is 16.2. The molecule has 2 aliphatic heterocycles. The maximum Gasteiger partial charge on any atom is 0.282 e. The van der Waals surface area contributed by atoms with Gasteiger partial charge in [0.05, 0.1) is 22.7 Å². The Balaban J connectivity index is 1.61. The maximum atomic E-state index is 13.1. The predicted octanol–water partition coefficient (Wildman–Crippen LogP) is 4.92. The van der Waals surface area contributed by atoms with Crippen molar-refractivity contribution in [1.29, 1.82) is 0 Å². The molecule has 0 spiro atoms. The van der Waals surface area contributed by atoms with Crippen molar-refractivity contribution in [2.75, 3.05) is 0 Å². The highest BCUT2D eigenvalue weighted by Crippen LogP contribution is 2.33. The van der Waals surface area contributed by atoms with Crippen LogP contribution >= 0.6 is 11.6 Å². The zero-order chi connectivity index (χ0) is 21.4. The molecule has 7 heteroatoms. The average Bonchev–Trinajstić information content (AvgIpc) is 3.40. The van der Waals surface area contributed by atoms with Crippen LogP contribution in [0.25, 0.3) is 11.8 Å². The van der Waals surface area contributed by atoms with Gasteiger partial charge in [-0.2, -0.15) is 0 Å². The molecule has 1 aromatic heterocycles. The van der Waals surface area contributed by atoms with Gasteiger partial charge in [-0.3, -0.25) is 9.69 Å². The Kier molecular flexibility index (Phi) is 4.76. The Bertz CT molecular complexity index is 1290. The van der Waals surface area contributed by atoms with Gasteiger partial charge in [0.1, 0.15) is 17.2 Å². The Morgan fingerprint density at radius 3 is 2.68 bits per heavy atom. The van der Waals surface area contributed by atoms with Crippen LogP contribution in [0.2, 0.25) is 5.02 Å². The second-order valence-corrected chi connectivity index (χ2v) is 7.46. The number of benzene rings is 2. The third kappa shape index (κ3) is 3.69. The van der Waals surface area contributed by atoms with Gasteiger partial charge in [0.2, 0.25) is 0 Å². The van der Waals surface area contributed by atoms with Crippen LogP contribution in [0.15, 0.2) is 93.2 Å². The van der Waals surface area contributed by atoms with E-state index in [4.69, 9.17) is 21.0 Å². The van der Waals surface area contributed by atoms with E-state index in [9.17, 15) is 9.90 Å². The number of fused-ring (bicyclic) bond motifs is 1. The first kappa shape index (κ1) is 19.1. The van der Waals surface area contributed by atoms with Gasteiger partial charge in [-0.15, -0.1) is 0 Å². The van der Waals surface area contributed by atoms with Crippen molar-refractivity contribution in [2.45, 2.75) is 6.42 Å². The molecule has 5 rings (SSSR count). The van der Waals surface area contributed by atoms with Crippen molar-refractivity contribution >= 4 is 40.8 Å². The van der Waals surface area contributed by atoms with E-state index >= 15 is 0 Å². The van der Waals surface area contributed by atoms with Gasteiger partial charge in [-0.05, 0) is 35.9 Å². The lowest BCUT2D eigenvalue weighted by molar-refractivity contribution is -0.120. The molecule has 2 aromatic carbocycles. The van der Waals surface area contributed by atoms with Crippen LogP contribution in [0.5, 0.6) is 5.75 Å². The summed E-state index contributed by atoms with van der Waals surface area (Å²) in [6.45, 7) is 0. The molecule has 152 valence electrons. The van der Waals surface area contributed by atoms with Crippen molar-refractivity contribution in [2.24, 2.45) is 9.98 Å². The van der Waals surface area contributed by atoms with Gasteiger partial charge in [-0.25, -0.2) is 9.98 Å². The first-order valence-electron chi connectivity index (χ1n) is 9.58. The lowest BCUT2D eigenvalue weighted by atomic mass is 10.0. The predicted molar refractivity (Wildman–Crippen MR) is 120 cm³/mol. The number of phenols is 1. The van der Waals surface area contributed by atoms with E-state index in [1.165, 1.54) is 23.3 Å². The summed E-state index contributed by atoms with van der Waals surface area (Å²) in [7, 11) is 0. The normalized spacial score (nSPS) is 16.8. The fraction of sp³-hybridized carbons (Fsp3) is 0.0417. The Hall–Kier alpha value is -3.90. The third-order valence-electron chi connectivity index (χ3n) is 4.92. The van der Waals surface area contributed by atoms with Crippen LogP contribution in [0.4, 0.5) is 0 Å². The highest BCUT2D eigenvalue weighted by atomic mass is 35.5. The van der Waals surface area contributed by atoms with Gasteiger partial charge in [-0.1, -0.05) is 41.9 Å². The largest absolute Gasteiger partial charge is 0.508 e. The molecule has 3 heterocycles. The maximum absolute atomic E-state index is 13.1. The zero-order valence-corrected chi connectivity index (χ0v) is 17.0. The number of carbonyl (C=O) groups excluding carboxylic acids is 1. The van der Waals surface area contributed by atoms with Gasteiger partial charge in [0.25, 0.3) is 5.91 Å². The number of furan rings is 1. The monoisotopic (exact) mass is 429 g/mol. The van der Waals surface area contributed by atoms with Gasteiger partial charge in [0, 0.05) is 24.3 Å². The molecule has 1 N–H and O–H groups in total. The van der Waals surface area contributed by atoms with Crippen LogP contribution < -0.4 is 0 Å². The molecule has 6 nitrogen and oxygen atoms in total. The van der Waals surface area contributed by atoms with E-state index in [1.807, 2.05) is 30.3 Å². The molecule has 0 saturated heterocycles. The number of carbonyl (C=O) groups is 1. The third-order valence-corrected chi connectivity index (χ3v) is 5.25. The summed E-state index contributed by atoms with van der Waals surface area (Å²) in [5.74, 6) is 0.771. The summed E-state index contributed by atoms with van der Waals surface area (Å²) in [6.07, 6.45) is 5.21. The van der Waals surface area contributed by atoms with Crippen LogP contribution in [0.1, 0.15) is 16.9 Å². The van der Waals surface area contributed by atoms with Crippen LogP contribution in [-0.4, -0.2) is 27.5 Å². The fourth-order valence-electron chi connectivity index (χ4n) is 3.45. The molecule has 1 amide bonds. The van der Waals surface area contributed by atoms with Gasteiger partial charge >= 0.3 is 0 Å². The van der Waals surface area contributed by atoms with Crippen LogP contribution in [0, 0.1) is 0 Å². The fourth-order valence-corrected chi connectivity index (χ4v) is 3.67. The highest BCUT2D eigenvalue weighted by molar-refractivity contribution is 6.49. The van der Waals surface area contributed by atoms with E-state index in [0.29, 0.717) is 40.0 Å². The van der Waals surface area contributed by atoms with Crippen molar-refractivity contribution in [1.82, 2.24) is 4.90 Å². The van der Waals surface area contributed by atoms with Crippen LogP contribution in [-0.2, 0) is 11.2 Å². The second kappa shape index (κ2) is 7.74. The minimum atomic E-state index is -0.291. The number of hydrogen-bond acceptors (Lipinski definition) is 5. The lowest BCUT2D eigenvalue weighted by Gasteiger charge is -2.22. The number of aromatic hydroxyl groups is 1. The number of rotatable bonds is 4. The summed E-state index contributed by atoms with van der Waals surface area (Å²) < 4.78 is 5.33. The Morgan fingerprint density at radius 2 is 1.90 bits per heavy atom. The molecular formula is C24H16ClN3O3. The summed E-state index contributed by atoms with van der Waals surface area (Å²) in [5, 5.41) is 10.4. The topological polar surface area (TPSA) is 78.4 Å². The van der Waals surface area contributed by atoms with Gasteiger partial charge in [0.15, 0.2) is 5.84 Å². The summed E-state index contributed by atoms with van der Waals surface area (Å²) in [4.78, 5) is 23.9. The van der Waals surface area contributed by atoms with E-state index in [1.54, 1.807) is 30.5 Å². The summed E-state index contributed by atoms with van der Waals surface area (Å²) in [6, 6.07) is 17.9. The molecule has 0 unspecified atom stereocenters. The minimum absolute atomic E-state index is 0.0609. The quantitative estimate of drug-likeness (QED) is 0.598. The summed E-state index contributed by atoms with van der Waals surface area (Å²) in [5.41, 5.74) is 2.91. The molecule has 0 saturated carbocycles. The van der Waals surface area contributed by atoms with Crippen molar-refractivity contribution in [3.05, 3.63) is 101 Å². The van der Waals surface area contributed by atoms with E-state index in [2.05, 4.69) is 4.99 Å². The summed E-state index contributed by atoms with van der Waals surface area (Å²) >= 11 is 6.36.